The number of hydrogen-bond acceptors (Lipinski definition) is 5. The highest BCUT2D eigenvalue weighted by Crippen LogP contribution is 2.33. The number of aromatic nitrogens is 2. The fourth-order valence-corrected chi connectivity index (χ4v) is 3.08. The Labute approximate surface area is 180 Å². The summed E-state index contributed by atoms with van der Waals surface area (Å²) in [4.78, 5) is 12.2. The second-order valence-corrected chi connectivity index (χ2v) is 6.85. The Morgan fingerprint density at radius 3 is 2.55 bits per heavy atom. The van der Waals surface area contributed by atoms with Crippen molar-refractivity contribution in [1.29, 1.82) is 0 Å². The number of nitrogens with one attached hydrogen (secondary N) is 1. The zero-order chi connectivity index (χ0) is 22.2. The van der Waals surface area contributed by atoms with Gasteiger partial charge in [0.25, 0.3) is 0 Å². The van der Waals surface area contributed by atoms with E-state index in [1.165, 1.54) is 6.07 Å². The topological polar surface area (TPSA) is 74.6 Å². The molecule has 1 amide bonds. The Hall–Kier alpha value is -3.39. The first-order chi connectivity index (χ1) is 15.0. The molecule has 31 heavy (non-hydrogen) atoms. The molecule has 2 aromatic carbocycles. The minimum absolute atomic E-state index is 0.0861. The van der Waals surface area contributed by atoms with Gasteiger partial charge in [-0.3, -0.25) is 4.79 Å². The van der Waals surface area contributed by atoms with E-state index in [1.54, 1.807) is 37.1 Å². The fourth-order valence-electron chi connectivity index (χ4n) is 3.08. The van der Waals surface area contributed by atoms with Crippen LogP contribution in [0.1, 0.15) is 17.7 Å². The summed E-state index contributed by atoms with van der Waals surface area (Å²) < 4.78 is 32.0. The van der Waals surface area contributed by atoms with Gasteiger partial charge >= 0.3 is 0 Å². The fraction of sp³-hybridized carbons (Fsp3) is 0.304. The maximum atomic E-state index is 14.3. The van der Waals surface area contributed by atoms with Crippen LogP contribution in [0.5, 0.6) is 17.4 Å². The minimum atomic E-state index is -0.481. The monoisotopic (exact) mass is 427 g/mol. The summed E-state index contributed by atoms with van der Waals surface area (Å²) in [6.45, 7) is 2.73. The Morgan fingerprint density at radius 2 is 1.87 bits per heavy atom. The van der Waals surface area contributed by atoms with Crippen LogP contribution in [0.4, 0.5) is 4.39 Å². The molecule has 3 aromatic rings. The molecule has 0 aliphatic heterocycles. The number of methoxy groups -OCH3 is 2. The van der Waals surface area contributed by atoms with E-state index in [1.807, 2.05) is 31.2 Å². The lowest BCUT2D eigenvalue weighted by molar-refractivity contribution is -0.121. The average molecular weight is 427 g/mol. The highest BCUT2D eigenvalue weighted by atomic mass is 19.1. The van der Waals surface area contributed by atoms with Crippen LogP contribution in [-0.2, 0) is 16.0 Å². The van der Waals surface area contributed by atoms with Crippen molar-refractivity contribution in [3.05, 3.63) is 65.6 Å². The van der Waals surface area contributed by atoms with E-state index in [4.69, 9.17) is 14.2 Å². The number of hydrogen-bond donors (Lipinski definition) is 1. The molecule has 8 heteroatoms. The number of para-hydroxylation sites is 1. The molecule has 7 nitrogen and oxygen atoms in total. The standard InChI is InChI=1S/C23H26FN3O4/c1-16-19(12-13-22(28)25-14-15-29-2)23(31-21-7-5-4-6-20(21)24)27(26-16)17-8-10-18(30-3)11-9-17/h4-11H,12-15H2,1-3H3,(H,25,28). The molecule has 3 rings (SSSR count). The zero-order valence-corrected chi connectivity index (χ0v) is 17.9. The van der Waals surface area contributed by atoms with Crippen LogP contribution >= 0.6 is 0 Å². The van der Waals surface area contributed by atoms with Gasteiger partial charge in [-0.25, -0.2) is 9.07 Å². The molecular weight excluding hydrogens is 401 g/mol. The van der Waals surface area contributed by atoms with Gasteiger partial charge in [0, 0.05) is 25.6 Å². The third kappa shape index (κ3) is 5.61. The molecule has 1 N–H and O–H groups in total. The largest absolute Gasteiger partial charge is 0.497 e. The van der Waals surface area contributed by atoms with Crippen molar-refractivity contribution in [2.45, 2.75) is 19.8 Å². The number of carbonyl (C=O) groups excluding carboxylic acids is 1. The predicted molar refractivity (Wildman–Crippen MR) is 115 cm³/mol. The van der Waals surface area contributed by atoms with Crippen molar-refractivity contribution in [3.63, 3.8) is 0 Å². The quantitative estimate of drug-likeness (QED) is 0.498. The second kappa shape index (κ2) is 10.6. The number of benzene rings is 2. The lowest BCUT2D eigenvalue weighted by atomic mass is 10.1. The van der Waals surface area contributed by atoms with Crippen molar-refractivity contribution in [1.82, 2.24) is 15.1 Å². The summed E-state index contributed by atoms with van der Waals surface area (Å²) in [5, 5.41) is 7.39. The van der Waals surface area contributed by atoms with Crippen molar-refractivity contribution >= 4 is 5.91 Å². The Morgan fingerprint density at radius 1 is 1.13 bits per heavy atom. The number of rotatable bonds is 10. The number of aryl methyl sites for hydroxylation is 1. The lowest BCUT2D eigenvalue weighted by Gasteiger charge is -2.12. The second-order valence-electron chi connectivity index (χ2n) is 6.85. The van der Waals surface area contributed by atoms with Gasteiger partial charge in [0.15, 0.2) is 11.6 Å². The molecule has 0 atom stereocenters. The Balaban J connectivity index is 1.92. The highest BCUT2D eigenvalue weighted by molar-refractivity contribution is 5.76. The number of ether oxygens (including phenoxy) is 3. The van der Waals surface area contributed by atoms with Gasteiger partial charge in [0.2, 0.25) is 11.8 Å². The SMILES string of the molecule is COCCNC(=O)CCc1c(C)nn(-c2ccc(OC)cc2)c1Oc1ccccc1F. The van der Waals surface area contributed by atoms with Crippen LogP contribution in [0.2, 0.25) is 0 Å². The van der Waals surface area contributed by atoms with Gasteiger partial charge in [-0.05, 0) is 49.7 Å². The summed E-state index contributed by atoms with van der Waals surface area (Å²) in [6, 6.07) is 13.5. The van der Waals surface area contributed by atoms with E-state index in [0.717, 1.165) is 11.3 Å². The summed E-state index contributed by atoms with van der Waals surface area (Å²) in [6.07, 6.45) is 0.636. The van der Waals surface area contributed by atoms with Crippen molar-refractivity contribution in [2.75, 3.05) is 27.4 Å². The van der Waals surface area contributed by atoms with Gasteiger partial charge in [-0.15, -0.1) is 0 Å². The van der Waals surface area contributed by atoms with E-state index < -0.39 is 5.82 Å². The van der Waals surface area contributed by atoms with Crippen molar-refractivity contribution < 1.29 is 23.4 Å². The van der Waals surface area contributed by atoms with E-state index in [9.17, 15) is 9.18 Å². The van der Waals surface area contributed by atoms with E-state index in [-0.39, 0.29) is 18.1 Å². The van der Waals surface area contributed by atoms with Crippen LogP contribution in [0.25, 0.3) is 5.69 Å². The molecule has 0 bridgehead atoms. The van der Waals surface area contributed by atoms with Crippen LogP contribution in [0, 0.1) is 12.7 Å². The van der Waals surface area contributed by atoms with Crippen LogP contribution in [0.15, 0.2) is 48.5 Å². The maximum Gasteiger partial charge on any atom is 0.226 e. The van der Waals surface area contributed by atoms with Gasteiger partial charge in [0.1, 0.15) is 5.75 Å². The molecular formula is C23H26FN3O4. The van der Waals surface area contributed by atoms with Gasteiger partial charge < -0.3 is 19.5 Å². The Bertz CT molecular complexity index is 1020. The van der Waals surface area contributed by atoms with Gasteiger partial charge in [0.05, 0.1) is 25.1 Å². The van der Waals surface area contributed by atoms with Crippen LogP contribution in [0.3, 0.4) is 0 Å². The molecule has 164 valence electrons. The average Bonchev–Trinajstić information content (AvgIpc) is 3.09. The zero-order valence-electron chi connectivity index (χ0n) is 17.9. The lowest BCUT2D eigenvalue weighted by Crippen LogP contribution is -2.27. The van der Waals surface area contributed by atoms with Crippen molar-refractivity contribution in [3.8, 4) is 23.1 Å². The maximum absolute atomic E-state index is 14.3. The summed E-state index contributed by atoms with van der Waals surface area (Å²) >= 11 is 0. The molecule has 0 radical (unpaired) electrons. The third-order valence-electron chi connectivity index (χ3n) is 4.73. The van der Waals surface area contributed by atoms with E-state index >= 15 is 0 Å². The Kier molecular flexibility index (Phi) is 7.61. The smallest absolute Gasteiger partial charge is 0.226 e. The molecule has 0 spiro atoms. The van der Waals surface area contributed by atoms with E-state index in [2.05, 4.69) is 10.4 Å². The molecule has 0 aliphatic rings. The highest BCUT2D eigenvalue weighted by Gasteiger charge is 2.21. The minimum Gasteiger partial charge on any atom is -0.497 e. The van der Waals surface area contributed by atoms with Gasteiger partial charge in [-0.1, -0.05) is 12.1 Å². The van der Waals surface area contributed by atoms with Gasteiger partial charge in [-0.2, -0.15) is 5.10 Å². The predicted octanol–water partition coefficient (Wildman–Crippen LogP) is 3.82. The van der Waals surface area contributed by atoms with Crippen LogP contribution < -0.4 is 14.8 Å². The third-order valence-corrected chi connectivity index (χ3v) is 4.73. The molecule has 0 saturated heterocycles. The number of nitrogens with zero attached hydrogens (tertiary/aromatic N) is 2. The normalized spacial score (nSPS) is 10.7. The first kappa shape index (κ1) is 22.3. The molecule has 0 unspecified atom stereocenters. The molecule has 0 fully saturated rings. The van der Waals surface area contributed by atoms with E-state index in [0.29, 0.717) is 36.9 Å². The number of halogens is 1. The number of carbonyl (C=O) groups is 1. The number of amides is 1. The summed E-state index contributed by atoms with van der Waals surface area (Å²) in [5.74, 6) is 0.578. The summed E-state index contributed by atoms with van der Waals surface area (Å²) in [5.41, 5.74) is 2.17. The molecule has 0 saturated carbocycles. The molecule has 1 aromatic heterocycles. The van der Waals surface area contributed by atoms with Crippen molar-refractivity contribution in [2.24, 2.45) is 0 Å². The first-order valence-electron chi connectivity index (χ1n) is 9.94. The molecule has 0 aliphatic carbocycles. The first-order valence-corrected chi connectivity index (χ1v) is 9.94. The summed E-state index contributed by atoms with van der Waals surface area (Å²) in [7, 11) is 3.17. The van der Waals surface area contributed by atoms with Crippen LogP contribution in [-0.4, -0.2) is 43.1 Å². The molecule has 1 heterocycles.